The number of halogens is 2. The molecule has 0 aliphatic rings. The summed E-state index contributed by atoms with van der Waals surface area (Å²) in [5.74, 6) is -1.71. The molecule has 3 nitrogen and oxygen atoms in total. The molecule has 0 unspecified atom stereocenters. The quantitative estimate of drug-likeness (QED) is 0.754. The molecule has 2 aromatic carbocycles. The molecule has 126 valence electrons. The molecule has 0 aliphatic heterocycles. The van der Waals surface area contributed by atoms with Crippen molar-refractivity contribution < 1.29 is 18.7 Å². The topological polar surface area (TPSA) is 50.2 Å². The Kier molecular flexibility index (Phi) is 4.57. The molecule has 25 heavy (non-hydrogen) atoms. The zero-order chi connectivity index (χ0) is 18.0. The summed E-state index contributed by atoms with van der Waals surface area (Å²) in [4.78, 5) is 15.6. The van der Waals surface area contributed by atoms with Gasteiger partial charge in [-0.2, -0.15) is 0 Å². The maximum Gasteiger partial charge on any atom is 0.309 e. The summed E-state index contributed by atoms with van der Waals surface area (Å²) in [6.45, 7) is 1.78. The summed E-state index contributed by atoms with van der Waals surface area (Å²) >= 11 is 0. The van der Waals surface area contributed by atoms with Crippen molar-refractivity contribution in [3.8, 4) is 22.3 Å². The highest BCUT2D eigenvalue weighted by Gasteiger charge is 2.15. The van der Waals surface area contributed by atoms with Gasteiger partial charge in [-0.15, -0.1) is 0 Å². The molecule has 3 aromatic rings. The molecule has 1 N–H and O–H groups in total. The van der Waals surface area contributed by atoms with Gasteiger partial charge in [-0.05, 0) is 48.4 Å². The van der Waals surface area contributed by atoms with E-state index in [1.807, 2.05) is 6.07 Å². The van der Waals surface area contributed by atoms with Crippen LogP contribution in [0.5, 0.6) is 0 Å². The number of aryl methyl sites for hydroxylation is 1. The summed E-state index contributed by atoms with van der Waals surface area (Å²) in [5.41, 5.74) is 3.89. The Balaban J connectivity index is 2.18. The number of pyridine rings is 1. The van der Waals surface area contributed by atoms with Gasteiger partial charge >= 0.3 is 5.97 Å². The van der Waals surface area contributed by atoms with Gasteiger partial charge in [-0.1, -0.05) is 24.3 Å². The molecule has 0 radical (unpaired) electrons. The van der Waals surface area contributed by atoms with E-state index in [0.717, 1.165) is 11.1 Å². The number of carboxylic acid groups (broad SMARTS) is 1. The first kappa shape index (κ1) is 16.8. The summed E-state index contributed by atoms with van der Waals surface area (Å²) in [5, 5.41) is 9.15. The summed E-state index contributed by atoms with van der Waals surface area (Å²) < 4.78 is 26.4. The normalized spacial score (nSPS) is 10.7. The van der Waals surface area contributed by atoms with Crippen molar-refractivity contribution in [2.75, 3.05) is 0 Å². The fourth-order valence-electron chi connectivity index (χ4n) is 2.73. The van der Waals surface area contributed by atoms with Gasteiger partial charge in [0.1, 0.15) is 11.6 Å². The van der Waals surface area contributed by atoms with E-state index in [1.165, 1.54) is 24.3 Å². The van der Waals surface area contributed by atoms with Gasteiger partial charge in [0.05, 0.1) is 12.1 Å². The highest BCUT2D eigenvalue weighted by atomic mass is 19.1. The predicted octanol–water partition coefficient (Wildman–Crippen LogP) is 4.63. The van der Waals surface area contributed by atoms with Crippen molar-refractivity contribution in [3.05, 3.63) is 77.6 Å². The van der Waals surface area contributed by atoms with Gasteiger partial charge in [0, 0.05) is 16.8 Å². The first-order chi connectivity index (χ1) is 11.9. The number of aliphatic carboxylic acids is 1. The number of carboxylic acids is 1. The molecule has 1 heterocycles. The average Bonchev–Trinajstić information content (AvgIpc) is 2.57. The largest absolute Gasteiger partial charge is 0.481 e. The van der Waals surface area contributed by atoms with E-state index >= 15 is 0 Å². The number of benzene rings is 2. The maximum atomic E-state index is 13.2. The standard InChI is InChI=1S/C20H15F2NO2/c1-12-17(13-2-6-15(21)7-3-13)10-18(19(23-12)11-20(24)25)14-4-8-16(22)9-5-14/h2-10H,11H2,1H3,(H,24,25). The molecule has 0 atom stereocenters. The van der Waals surface area contributed by atoms with Gasteiger partial charge in [-0.25, -0.2) is 8.78 Å². The smallest absolute Gasteiger partial charge is 0.309 e. The van der Waals surface area contributed by atoms with Crippen molar-refractivity contribution in [2.45, 2.75) is 13.3 Å². The summed E-state index contributed by atoms with van der Waals surface area (Å²) in [6.07, 6.45) is -0.239. The minimum Gasteiger partial charge on any atom is -0.481 e. The lowest BCUT2D eigenvalue weighted by molar-refractivity contribution is -0.136. The summed E-state index contributed by atoms with van der Waals surface area (Å²) in [6, 6.07) is 13.6. The minimum atomic E-state index is -0.996. The molecule has 0 spiro atoms. The number of nitrogens with zero attached hydrogens (tertiary/aromatic N) is 1. The Morgan fingerprint density at radius 3 is 1.88 bits per heavy atom. The number of carbonyl (C=O) groups is 1. The zero-order valence-electron chi connectivity index (χ0n) is 13.5. The first-order valence-electron chi connectivity index (χ1n) is 7.68. The van der Waals surface area contributed by atoms with Gasteiger partial charge in [0.2, 0.25) is 0 Å². The van der Waals surface area contributed by atoms with Gasteiger partial charge in [-0.3, -0.25) is 9.78 Å². The Morgan fingerprint density at radius 1 is 0.920 bits per heavy atom. The molecule has 0 saturated carbocycles. The van der Waals surface area contributed by atoms with Gasteiger partial charge in [0.25, 0.3) is 0 Å². The molecule has 0 saturated heterocycles. The lowest BCUT2D eigenvalue weighted by Gasteiger charge is -2.13. The lowest BCUT2D eigenvalue weighted by Crippen LogP contribution is -2.06. The van der Waals surface area contributed by atoms with E-state index in [-0.39, 0.29) is 18.1 Å². The molecule has 0 fully saturated rings. The predicted molar refractivity (Wildman–Crippen MR) is 91.1 cm³/mol. The molecule has 5 heteroatoms. The second-order valence-electron chi connectivity index (χ2n) is 5.70. The fourth-order valence-corrected chi connectivity index (χ4v) is 2.73. The van der Waals surface area contributed by atoms with Crippen LogP contribution in [0.1, 0.15) is 11.4 Å². The van der Waals surface area contributed by atoms with Crippen LogP contribution in [0.3, 0.4) is 0 Å². The van der Waals surface area contributed by atoms with Gasteiger partial charge < -0.3 is 5.11 Å². The summed E-state index contributed by atoms with van der Waals surface area (Å²) in [7, 11) is 0. The van der Waals surface area contributed by atoms with Crippen LogP contribution < -0.4 is 0 Å². The second kappa shape index (κ2) is 6.81. The maximum absolute atomic E-state index is 13.2. The number of hydrogen-bond donors (Lipinski definition) is 1. The third kappa shape index (κ3) is 3.71. The molecule has 0 aliphatic carbocycles. The molecular weight excluding hydrogens is 324 g/mol. The highest BCUT2D eigenvalue weighted by Crippen LogP contribution is 2.31. The van der Waals surface area contributed by atoms with Crippen LogP contribution in [0, 0.1) is 18.6 Å². The second-order valence-corrected chi connectivity index (χ2v) is 5.70. The number of aromatic nitrogens is 1. The SMILES string of the molecule is Cc1nc(CC(=O)O)c(-c2ccc(F)cc2)cc1-c1ccc(F)cc1. The van der Waals surface area contributed by atoms with E-state index in [2.05, 4.69) is 4.98 Å². The van der Waals surface area contributed by atoms with Crippen molar-refractivity contribution in [1.29, 1.82) is 0 Å². The molecule has 0 amide bonds. The van der Waals surface area contributed by atoms with Crippen LogP contribution in [0.25, 0.3) is 22.3 Å². The Bertz CT molecular complexity index is 920. The van der Waals surface area contributed by atoms with Crippen molar-refractivity contribution in [2.24, 2.45) is 0 Å². The number of rotatable bonds is 4. The van der Waals surface area contributed by atoms with Crippen molar-refractivity contribution >= 4 is 5.97 Å². The lowest BCUT2D eigenvalue weighted by atomic mass is 9.95. The molecular formula is C20H15F2NO2. The molecule has 1 aromatic heterocycles. The van der Waals surface area contributed by atoms with Crippen LogP contribution in [0.2, 0.25) is 0 Å². The minimum absolute atomic E-state index is 0.239. The van der Waals surface area contributed by atoms with Crippen LogP contribution in [0.4, 0.5) is 8.78 Å². The molecule has 3 rings (SSSR count). The third-order valence-corrected chi connectivity index (χ3v) is 3.92. The van der Waals surface area contributed by atoms with E-state index in [9.17, 15) is 13.6 Å². The van der Waals surface area contributed by atoms with E-state index in [1.54, 1.807) is 31.2 Å². The Hall–Kier alpha value is -3.08. The van der Waals surface area contributed by atoms with Crippen LogP contribution >= 0.6 is 0 Å². The highest BCUT2D eigenvalue weighted by molar-refractivity contribution is 5.79. The monoisotopic (exact) mass is 339 g/mol. The van der Waals surface area contributed by atoms with Gasteiger partial charge in [0.15, 0.2) is 0 Å². The molecule has 0 bridgehead atoms. The van der Waals surface area contributed by atoms with E-state index in [0.29, 0.717) is 22.5 Å². The average molecular weight is 339 g/mol. The number of hydrogen-bond acceptors (Lipinski definition) is 2. The Labute approximate surface area is 143 Å². The van der Waals surface area contributed by atoms with Crippen molar-refractivity contribution in [3.63, 3.8) is 0 Å². The van der Waals surface area contributed by atoms with E-state index < -0.39 is 5.97 Å². The third-order valence-electron chi connectivity index (χ3n) is 3.92. The van der Waals surface area contributed by atoms with Crippen LogP contribution in [-0.2, 0) is 11.2 Å². The Morgan fingerprint density at radius 2 is 1.40 bits per heavy atom. The van der Waals surface area contributed by atoms with E-state index in [4.69, 9.17) is 5.11 Å². The fraction of sp³-hybridized carbons (Fsp3) is 0.100. The van der Waals surface area contributed by atoms with Crippen molar-refractivity contribution in [1.82, 2.24) is 4.98 Å². The zero-order valence-corrected chi connectivity index (χ0v) is 13.5. The van der Waals surface area contributed by atoms with Crippen LogP contribution in [0.15, 0.2) is 54.6 Å². The van der Waals surface area contributed by atoms with Crippen LogP contribution in [-0.4, -0.2) is 16.1 Å². The first-order valence-corrected chi connectivity index (χ1v) is 7.68.